The zero-order chi connectivity index (χ0) is 26.3. The van der Waals surface area contributed by atoms with Crippen LogP contribution >= 0.6 is 11.6 Å². The monoisotopic (exact) mass is 534 g/mol. The van der Waals surface area contributed by atoms with Crippen LogP contribution in [0.2, 0.25) is 5.02 Å². The highest BCUT2D eigenvalue weighted by Crippen LogP contribution is 2.20. The van der Waals surface area contributed by atoms with Crippen molar-refractivity contribution in [3.63, 3.8) is 0 Å². The van der Waals surface area contributed by atoms with Gasteiger partial charge in [-0.1, -0.05) is 17.7 Å². The van der Waals surface area contributed by atoms with Gasteiger partial charge in [0.25, 0.3) is 5.91 Å². The number of amides is 3. The van der Waals surface area contributed by atoms with Gasteiger partial charge in [-0.15, -0.1) is 0 Å². The predicted octanol–water partition coefficient (Wildman–Crippen LogP) is 3.07. The van der Waals surface area contributed by atoms with E-state index in [1.165, 1.54) is 28.6 Å². The molecular formula is C25H31ClN4O5S. The van der Waals surface area contributed by atoms with E-state index in [9.17, 15) is 22.8 Å². The molecule has 0 bridgehead atoms. The van der Waals surface area contributed by atoms with Crippen molar-refractivity contribution in [3.8, 4) is 0 Å². The molecule has 3 rings (SSSR count). The minimum Gasteiger partial charge on any atom is -0.340 e. The Morgan fingerprint density at radius 3 is 2.19 bits per heavy atom. The third-order valence-corrected chi connectivity index (χ3v) is 8.22. The lowest BCUT2D eigenvalue weighted by atomic mass is 10.1. The molecule has 1 aliphatic rings. The lowest BCUT2D eigenvalue weighted by molar-refractivity contribution is -0.133. The summed E-state index contributed by atoms with van der Waals surface area (Å²) in [5.74, 6) is -0.651. The fourth-order valence-corrected chi connectivity index (χ4v) is 5.51. The highest BCUT2D eigenvalue weighted by molar-refractivity contribution is 7.89. The Kier molecular flexibility index (Phi) is 9.47. The van der Waals surface area contributed by atoms with Gasteiger partial charge in [0.15, 0.2) is 0 Å². The van der Waals surface area contributed by atoms with Crippen molar-refractivity contribution >= 4 is 45.0 Å². The van der Waals surface area contributed by atoms with Gasteiger partial charge in [-0.2, -0.15) is 4.31 Å². The molecule has 11 heteroatoms. The number of hydrogen-bond donors (Lipinski definition) is 1. The summed E-state index contributed by atoms with van der Waals surface area (Å²) in [6, 6.07) is 12.7. The molecule has 1 heterocycles. The molecule has 0 radical (unpaired) electrons. The van der Waals surface area contributed by atoms with Crippen molar-refractivity contribution in [2.75, 3.05) is 44.6 Å². The molecule has 2 aromatic carbocycles. The number of rotatable bonds is 9. The summed E-state index contributed by atoms with van der Waals surface area (Å²) >= 11 is 5.84. The van der Waals surface area contributed by atoms with Crippen molar-refractivity contribution in [1.82, 2.24) is 14.1 Å². The van der Waals surface area contributed by atoms with E-state index in [0.717, 1.165) is 0 Å². The molecule has 0 aliphatic carbocycles. The van der Waals surface area contributed by atoms with Gasteiger partial charge in [-0.05, 0) is 56.3 Å². The number of nitrogens with one attached hydrogen (secondary N) is 1. The second kappa shape index (κ2) is 12.3. The Labute approximate surface area is 217 Å². The molecule has 194 valence electrons. The van der Waals surface area contributed by atoms with Crippen molar-refractivity contribution < 1.29 is 22.8 Å². The SMILES string of the molecule is CCN(CC)C(=O)c1cccc(NC(=O)CCC(=O)N2CCN(S(=O)(=O)c3ccc(Cl)cc3)CC2)c1. The van der Waals surface area contributed by atoms with Crippen LogP contribution in [-0.2, 0) is 19.6 Å². The van der Waals surface area contributed by atoms with Gasteiger partial charge in [0.1, 0.15) is 0 Å². The molecule has 0 aromatic heterocycles. The lowest BCUT2D eigenvalue weighted by Gasteiger charge is -2.34. The van der Waals surface area contributed by atoms with Crippen LogP contribution < -0.4 is 5.32 Å². The Bertz CT molecular complexity index is 1190. The quantitative estimate of drug-likeness (QED) is 0.532. The Morgan fingerprint density at radius 1 is 0.944 bits per heavy atom. The maximum Gasteiger partial charge on any atom is 0.253 e. The highest BCUT2D eigenvalue weighted by atomic mass is 35.5. The maximum absolute atomic E-state index is 12.8. The number of benzene rings is 2. The van der Waals surface area contributed by atoms with E-state index in [2.05, 4.69) is 5.32 Å². The van der Waals surface area contributed by atoms with E-state index in [1.807, 2.05) is 13.8 Å². The van der Waals surface area contributed by atoms with Crippen LogP contribution in [0.3, 0.4) is 0 Å². The van der Waals surface area contributed by atoms with Crippen LogP contribution in [0.25, 0.3) is 0 Å². The van der Waals surface area contributed by atoms with E-state index in [0.29, 0.717) is 29.4 Å². The van der Waals surface area contributed by atoms with Crippen molar-refractivity contribution in [3.05, 3.63) is 59.1 Å². The summed E-state index contributed by atoms with van der Waals surface area (Å²) < 4.78 is 27.0. The molecule has 0 saturated carbocycles. The normalized spacial score (nSPS) is 14.4. The van der Waals surface area contributed by atoms with E-state index in [1.54, 1.807) is 34.1 Å². The van der Waals surface area contributed by atoms with Crippen LogP contribution in [0.15, 0.2) is 53.4 Å². The van der Waals surface area contributed by atoms with Crippen molar-refractivity contribution in [1.29, 1.82) is 0 Å². The molecule has 1 aliphatic heterocycles. The third kappa shape index (κ3) is 6.83. The number of carbonyl (C=O) groups is 3. The van der Waals surface area contributed by atoms with Crippen LogP contribution in [0.5, 0.6) is 0 Å². The summed E-state index contributed by atoms with van der Waals surface area (Å²) in [6.07, 6.45) is -0.00975. The third-order valence-electron chi connectivity index (χ3n) is 6.05. The second-order valence-electron chi connectivity index (χ2n) is 8.35. The van der Waals surface area contributed by atoms with Gasteiger partial charge in [-0.25, -0.2) is 8.42 Å². The summed E-state index contributed by atoms with van der Waals surface area (Å²) in [5, 5.41) is 3.20. The first-order chi connectivity index (χ1) is 17.1. The number of nitrogens with zero attached hydrogens (tertiary/aromatic N) is 3. The molecule has 1 fully saturated rings. The standard InChI is InChI=1S/C25H31ClN4O5S/c1-3-28(4-2)25(33)19-6-5-7-21(18-19)27-23(31)12-13-24(32)29-14-16-30(17-15-29)36(34,35)22-10-8-20(26)9-11-22/h5-11,18H,3-4,12-17H2,1-2H3,(H,27,31). The summed E-state index contributed by atoms with van der Waals surface area (Å²) in [4.78, 5) is 41.0. The highest BCUT2D eigenvalue weighted by Gasteiger charge is 2.30. The Balaban J connectivity index is 1.48. The number of halogens is 1. The summed E-state index contributed by atoms with van der Waals surface area (Å²) in [5.41, 5.74) is 0.977. The average Bonchev–Trinajstić information content (AvgIpc) is 2.88. The van der Waals surface area contributed by atoms with Crippen LogP contribution in [0, 0.1) is 0 Å². The number of anilines is 1. The first kappa shape index (κ1) is 27.6. The fourth-order valence-electron chi connectivity index (χ4n) is 3.96. The van der Waals surface area contributed by atoms with E-state index < -0.39 is 10.0 Å². The first-order valence-electron chi connectivity index (χ1n) is 11.9. The van der Waals surface area contributed by atoms with E-state index in [4.69, 9.17) is 11.6 Å². The van der Waals surface area contributed by atoms with Gasteiger partial charge >= 0.3 is 0 Å². The molecule has 0 atom stereocenters. The molecule has 1 saturated heterocycles. The second-order valence-corrected chi connectivity index (χ2v) is 10.7. The zero-order valence-electron chi connectivity index (χ0n) is 20.4. The predicted molar refractivity (Wildman–Crippen MR) is 138 cm³/mol. The number of piperazine rings is 1. The number of sulfonamides is 1. The molecular weight excluding hydrogens is 504 g/mol. The van der Waals surface area contributed by atoms with Crippen LogP contribution in [-0.4, -0.2) is 79.5 Å². The lowest BCUT2D eigenvalue weighted by Crippen LogP contribution is -2.50. The molecule has 1 N–H and O–H groups in total. The average molecular weight is 535 g/mol. The minimum absolute atomic E-state index is 0.00777. The molecule has 3 amide bonds. The fraction of sp³-hybridized carbons (Fsp3) is 0.400. The van der Waals surface area contributed by atoms with Crippen molar-refractivity contribution in [2.24, 2.45) is 0 Å². The number of carbonyl (C=O) groups excluding carboxylic acids is 3. The molecule has 0 unspecified atom stereocenters. The minimum atomic E-state index is -3.66. The Morgan fingerprint density at radius 2 is 1.58 bits per heavy atom. The smallest absolute Gasteiger partial charge is 0.253 e. The van der Waals surface area contributed by atoms with E-state index in [-0.39, 0.29) is 61.6 Å². The van der Waals surface area contributed by atoms with Gasteiger partial charge < -0.3 is 15.1 Å². The molecule has 9 nitrogen and oxygen atoms in total. The Hall–Kier alpha value is -2.95. The topological polar surface area (TPSA) is 107 Å². The van der Waals surface area contributed by atoms with Gasteiger partial charge in [0.05, 0.1) is 4.90 Å². The van der Waals surface area contributed by atoms with Gasteiger partial charge in [-0.3, -0.25) is 14.4 Å². The van der Waals surface area contributed by atoms with Crippen LogP contribution in [0.4, 0.5) is 5.69 Å². The molecule has 2 aromatic rings. The molecule has 36 heavy (non-hydrogen) atoms. The number of hydrogen-bond acceptors (Lipinski definition) is 5. The van der Waals surface area contributed by atoms with Gasteiger partial charge in [0, 0.05) is 68.4 Å². The van der Waals surface area contributed by atoms with Crippen LogP contribution in [0.1, 0.15) is 37.0 Å². The zero-order valence-corrected chi connectivity index (χ0v) is 22.0. The van der Waals surface area contributed by atoms with Gasteiger partial charge in [0.2, 0.25) is 21.8 Å². The van der Waals surface area contributed by atoms with E-state index >= 15 is 0 Å². The maximum atomic E-state index is 12.8. The van der Waals surface area contributed by atoms with Crippen molar-refractivity contribution in [2.45, 2.75) is 31.6 Å². The summed E-state index contributed by atoms with van der Waals surface area (Å²) in [7, 11) is -3.66. The first-order valence-corrected chi connectivity index (χ1v) is 13.7. The molecule has 0 spiro atoms. The summed E-state index contributed by atoms with van der Waals surface area (Å²) in [6.45, 7) is 5.85. The largest absolute Gasteiger partial charge is 0.340 e.